The van der Waals surface area contributed by atoms with Crippen LogP contribution >= 0.6 is 0 Å². The number of amides is 2. The lowest BCUT2D eigenvalue weighted by Crippen LogP contribution is -2.44. The van der Waals surface area contributed by atoms with E-state index >= 15 is 0 Å². The zero-order chi connectivity index (χ0) is 17.5. The second-order valence-corrected chi connectivity index (χ2v) is 6.89. The van der Waals surface area contributed by atoms with Crippen molar-refractivity contribution in [3.05, 3.63) is 35.6 Å². The van der Waals surface area contributed by atoms with E-state index in [0.29, 0.717) is 0 Å². The third-order valence-electron chi connectivity index (χ3n) is 4.57. The number of carbonyl (C=O) groups is 2. The molecule has 24 heavy (non-hydrogen) atoms. The van der Waals surface area contributed by atoms with Gasteiger partial charge in [0.1, 0.15) is 5.82 Å². The van der Waals surface area contributed by atoms with Crippen LogP contribution in [0.2, 0.25) is 0 Å². The summed E-state index contributed by atoms with van der Waals surface area (Å²) in [4.78, 5) is 24.5. The molecule has 1 unspecified atom stereocenters. The molecule has 0 spiro atoms. The Morgan fingerprint density at radius 1 is 1.12 bits per heavy atom. The first-order chi connectivity index (χ1) is 11.5. The van der Waals surface area contributed by atoms with Crippen LogP contribution in [0, 0.1) is 11.7 Å². The minimum Gasteiger partial charge on any atom is -0.352 e. The van der Waals surface area contributed by atoms with Gasteiger partial charge < -0.3 is 10.6 Å². The minimum atomic E-state index is -0.395. The molecular formula is C19H27FN2O2. The normalized spacial score (nSPS) is 16.7. The first-order valence-electron chi connectivity index (χ1n) is 8.80. The molecule has 1 aliphatic carbocycles. The molecule has 0 saturated heterocycles. The van der Waals surface area contributed by atoms with Crippen LogP contribution in [0.3, 0.4) is 0 Å². The van der Waals surface area contributed by atoms with Gasteiger partial charge in [-0.15, -0.1) is 0 Å². The van der Waals surface area contributed by atoms with E-state index in [-0.39, 0.29) is 36.1 Å². The van der Waals surface area contributed by atoms with Crippen LogP contribution in [-0.2, 0) is 9.59 Å². The van der Waals surface area contributed by atoms with E-state index in [2.05, 4.69) is 10.6 Å². The maximum Gasteiger partial charge on any atom is 0.239 e. The third kappa shape index (κ3) is 5.32. The molecule has 132 valence electrons. The summed E-state index contributed by atoms with van der Waals surface area (Å²) in [5.74, 6) is -1.01. The van der Waals surface area contributed by atoms with E-state index in [4.69, 9.17) is 0 Å². The van der Waals surface area contributed by atoms with Crippen molar-refractivity contribution in [2.75, 3.05) is 6.54 Å². The standard InChI is InChI=1S/C19H27FN2O2/c1-13(2)18(14-8-10-15(20)11-9-14)19(24)21-12-17(23)22-16-6-4-3-5-7-16/h8-11,13,16,18H,3-7,12H2,1-2H3,(H,21,24)(H,22,23). The predicted molar refractivity (Wildman–Crippen MR) is 92.0 cm³/mol. The van der Waals surface area contributed by atoms with Gasteiger partial charge in [-0.1, -0.05) is 45.2 Å². The van der Waals surface area contributed by atoms with Crippen molar-refractivity contribution in [3.63, 3.8) is 0 Å². The number of halogens is 1. The number of hydrogen-bond donors (Lipinski definition) is 2. The summed E-state index contributed by atoms with van der Waals surface area (Å²) in [6, 6.07) is 6.20. The van der Waals surface area contributed by atoms with Gasteiger partial charge in [-0.25, -0.2) is 4.39 Å². The molecule has 5 heteroatoms. The molecule has 0 aromatic heterocycles. The zero-order valence-electron chi connectivity index (χ0n) is 14.5. The number of benzene rings is 1. The van der Waals surface area contributed by atoms with Gasteiger partial charge in [-0.05, 0) is 36.5 Å². The largest absolute Gasteiger partial charge is 0.352 e. The zero-order valence-corrected chi connectivity index (χ0v) is 14.5. The Bertz CT molecular complexity index is 551. The summed E-state index contributed by atoms with van der Waals surface area (Å²) in [6.45, 7) is 3.87. The van der Waals surface area contributed by atoms with Crippen molar-refractivity contribution in [1.29, 1.82) is 0 Å². The van der Waals surface area contributed by atoms with E-state index in [1.165, 1.54) is 18.6 Å². The molecule has 0 radical (unpaired) electrons. The Labute approximate surface area is 143 Å². The lowest BCUT2D eigenvalue weighted by molar-refractivity contribution is -0.128. The summed E-state index contributed by atoms with van der Waals surface area (Å²) >= 11 is 0. The lowest BCUT2D eigenvalue weighted by Gasteiger charge is -2.24. The monoisotopic (exact) mass is 334 g/mol. The first kappa shape index (κ1) is 18.4. The van der Waals surface area contributed by atoms with Crippen molar-refractivity contribution in [2.45, 2.75) is 57.9 Å². The molecule has 1 fully saturated rings. The van der Waals surface area contributed by atoms with Crippen LogP contribution in [0.15, 0.2) is 24.3 Å². The number of hydrogen-bond acceptors (Lipinski definition) is 2. The Morgan fingerprint density at radius 2 is 1.75 bits per heavy atom. The Kier molecular flexibility index (Phi) is 6.76. The fourth-order valence-corrected chi connectivity index (χ4v) is 3.31. The van der Waals surface area contributed by atoms with E-state index in [0.717, 1.165) is 31.2 Å². The van der Waals surface area contributed by atoms with E-state index in [1.54, 1.807) is 12.1 Å². The topological polar surface area (TPSA) is 58.2 Å². The van der Waals surface area contributed by atoms with Gasteiger partial charge in [0, 0.05) is 6.04 Å². The average molecular weight is 334 g/mol. The maximum atomic E-state index is 13.1. The highest BCUT2D eigenvalue weighted by Gasteiger charge is 2.25. The maximum absolute atomic E-state index is 13.1. The molecule has 0 aliphatic heterocycles. The molecule has 1 saturated carbocycles. The Balaban J connectivity index is 1.88. The lowest BCUT2D eigenvalue weighted by atomic mass is 9.87. The second kappa shape index (κ2) is 8.81. The van der Waals surface area contributed by atoms with Gasteiger partial charge >= 0.3 is 0 Å². The molecule has 0 heterocycles. The Hall–Kier alpha value is -1.91. The van der Waals surface area contributed by atoms with Gasteiger partial charge in [0.05, 0.1) is 12.5 Å². The fraction of sp³-hybridized carbons (Fsp3) is 0.579. The van der Waals surface area contributed by atoms with Crippen molar-refractivity contribution in [1.82, 2.24) is 10.6 Å². The van der Waals surface area contributed by atoms with Crippen LogP contribution in [0.5, 0.6) is 0 Å². The summed E-state index contributed by atoms with van der Waals surface area (Å²) in [5, 5.41) is 5.71. The average Bonchev–Trinajstić information content (AvgIpc) is 2.55. The van der Waals surface area contributed by atoms with Crippen LogP contribution in [0.25, 0.3) is 0 Å². The van der Waals surface area contributed by atoms with Gasteiger partial charge in [0.15, 0.2) is 0 Å². The quantitative estimate of drug-likeness (QED) is 0.840. The predicted octanol–water partition coefficient (Wildman–Crippen LogP) is 3.13. The minimum absolute atomic E-state index is 0.0141. The Morgan fingerprint density at radius 3 is 2.33 bits per heavy atom. The van der Waals surface area contributed by atoms with Crippen molar-refractivity contribution < 1.29 is 14.0 Å². The van der Waals surface area contributed by atoms with E-state index < -0.39 is 5.92 Å². The van der Waals surface area contributed by atoms with Crippen molar-refractivity contribution >= 4 is 11.8 Å². The van der Waals surface area contributed by atoms with E-state index in [9.17, 15) is 14.0 Å². The SMILES string of the molecule is CC(C)C(C(=O)NCC(=O)NC1CCCCC1)c1ccc(F)cc1. The van der Waals surface area contributed by atoms with Crippen LogP contribution in [-0.4, -0.2) is 24.4 Å². The van der Waals surface area contributed by atoms with Gasteiger partial charge in [0.2, 0.25) is 11.8 Å². The van der Waals surface area contributed by atoms with Crippen LogP contribution in [0.1, 0.15) is 57.4 Å². The van der Waals surface area contributed by atoms with Crippen LogP contribution < -0.4 is 10.6 Å². The number of nitrogens with one attached hydrogen (secondary N) is 2. The van der Waals surface area contributed by atoms with Crippen molar-refractivity contribution in [3.8, 4) is 0 Å². The summed E-state index contributed by atoms with van der Waals surface area (Å²) < 4.78 is 13.1. The summed E-state index contributed by atoms with van der Waals surface area (Å²) in [6.07, 6.45) is 5.57. The summed E-state index contributed by atoms with van der Waals surface area (Å²) in [7, 11) is 0. The molecule has 1 aromatic carbocycles. The van der Waals surface area contributed by atoms with Crippen LogP contribution in [0.4, 0.5) is 4.39 Å². The highest BCUT2D eigenvalue weighted by molar-refractivity contribution is 5.88. The van der Waals surface area contributed by atoms with Gasteiger partial charge in [-0.2, -0.15) is 0 Å². The molecule has 1 aromatic rings. The van der Waals surface area contributed by atoms with E-state index in [1.807, 2.05) is 13.8 Å². The first-order valence-corrected chi connectivity index (χ1v) is 8.80. The molecule has 0 bridgehead atoms. The number of carbonyl (C=O) groups excluding carboxylic acids is 2. The molecule has 2 N–H and O–H groups in total. The van der Waals surface area contributed by atoms with Crippen molar-refractivity contribution in [2.24, 2.45) is 5.92 Å². The highest BCUT2D eigenvalue weighted by atomic mass is 19.1. The van der Waals surface area contributed by atoms with Gasteiger partial charge in [-0.3, -0.25) is 9.59 Å². The molecule has 1 atom stereocenters. The molecule has 2 amide bonds. The fourth-order valence-electron chi connectivity index (χ4n) is 3.31. The molecule has 2 rings (SSSR count). The van der Waals surface area contributed by atoms with Gasteiger partial charge in [0.25, 0.3) is 0 Å². The summed E-state index contributed by atoms with van der Waals surface area (Å²) in [5.41, 5.74) is 0.761. The second-order valence-electron chi connectivity index (χ2n) is 6.89. The number of rotatable bonds is 6. The third-order valence-corrected chi connectivity index (χ3v) is 4.57. The molecule has 1 aliphatic rings. The smallest absolute Gasteiger partial charge is 0.239 e. The molecule has 4 nitrogen and oxygen atoms in total. The highest BCUT2D eigenvalue weighted by Crippen LogP contribution is 2.25. The molecular weight excluding hydrogens is 307 g/mol.